The van der Waals surface area contributed by atoms with Crippen LogP contribution in [-0.4, -0.2) is 39.8 Å². The minimum atomic E-state index is -0.404. The van der Waals surface area contributed by atoms with Crippen molar-refractivity contribution in [3.8, 4) is 0 Å². The van der Waals surface area contributed by atoms with Gasteiger partial charge in [-0.25, -0.2) is 14.5 Å². The molecule has 0 atom stereocenters. The van der Waals surface area contributed by atoms with Gasteiger partial charge in [0.25, 0.3) is 0 Å². The molecule has 7 heteroatoms. The first kappa shape index (κ1) is 16.4. The normalized spacial score (nSPS) is 14.2. The monoisotopic (exact) mass is 330 g/mol. The number of carbonyl (C=O) groups is 2. The quantitative estimate of drug-likeness (QED) is 0.847. The SMILES string of the molecule is COC(=O)c1cc(C2CC2)nc2c1c(C)nn2CC(=O)NC(C)C. The zero-order valence-corrected chi connectivity index (χ0v) is 14.4. The van der Waals surface area contributed by atoms with E-state index in [2.05, 4.69) is 15.4 Å². The van der Waals surface area contributed by atoms with E-state index in [9.17, 15) is 9.59 Å². The number of amides is 1. The highest BCUT2D eigenvalue weighted by Gasteiger charge is 2.29. The molecule has 3 rings (SSSR count). The second kappa shape index (κ2) is 6.22. The lowest BCUT2D eigenvalue weighted by atomic mass is 10.1. The maximum atomic E-state index is 12.2. The maximum Gasteiger partial charge on any atom is 0.338 e. The molecule has 0 saturated heterocycles. The maximum absolute atomic E-state index is 12.2. The second-order valence-electron chi connectivity index (χ2n) is 6.52. The first-order chi connectivity index (χ1) is 11.4. The fourth-order valence-corrected chi connectivity index (χ4v) is 2.85. The molecule has 2 aromatic rings. The summed E-state index contributed by atoms with van der Waals surface area (Å²) in [5, 5.41) is 7.92. The van der Waals surface area contributed by atoms with Crippen molar-refractivity contribution in [3.63, 3.8) is 0 Å². The van der Waals surface area contributed by atoms with Crippen LogP contribution in [0.1, 0.15) is 54.4 Å². The van der Waals surface area contributed by atoms with E-state index in [1.165, 1.54) is 7.11 Å². The average molecular weight is 330 g/mol. The van der Waals surface area contributed by atoms with Crippen LogP contribution in [0.3, 0.4) is 0 Å². The van der Waals surface area contributed by atoms with Crippen LogP contribution in [0.4, 0.5) is 0 Å². The first-order valence-electron chi connectivity index (χ1n) is 8.16. The van der Waals surface area contributed by atoms with Crippen LogP contribution in [0.25, 0.3) is 11.0 Å². The van der Waals surface area contributed by atoms with E-state index in [1.54, 1.807) is 10.7 Å². The number of hydrogen-bond acceptors (Lipinski definition) is 5. The number of fused-ring (bicyclic) bond motifs is 1. The Labute approximate surface area is 140 Å². The molecule has 2 aromatic heterocycles. The van der Waals surface area contributed by atoms with Crippen LogP contribution in [-0.2, 0) is 16.1 Å². The van der Waals surface area contributed by atoms with Crippen LogP contribution in [0, 0.1) is 6.92 Å². The lowest BCUT2D eigenvalue weighted by Gasteiger charge is -2.09. The molecule has 0 radical (unpaired) electrons. The van der Waals surface area contributed by atoms with Crippen molar-refractivity contribution in [1.29, 1.82) is 0 Å². The average Bonchev–Trinajstić information content (AvgIpc) is 3.32. The Morgan fingerprint density at radius 3 is 2.71 bits per heavy atom. The van der Waals surface area contributed by atoms with Gasteiger partial charge >= 0.3 is 5.97 Å². The number of methoxy groups -OCH3 is 1. The van der Waals surface area contributed by atoms with Gasteiger partial charge in [0, 0.05) is 17.7 Å². The zero-order valence-electron chi connectivity index (χ0n) is 14.4. The molecule has 128 valence electrons. The van der Waals surface area contributed by atoms with Crippen LogP contribution in [0.15, 0.2) is 6.07 Å². The van der Waals surface area contributed by atoms with Crippen molar-refractivity contribution < 1.29 is 14.3 Å². The van der Waals surface area contributed by atoms with Gasteiger partial charge in [0.15, 0.2) is 5.65 Å². The third kappa shape index (κ3) is 3.11. The number of ether oxygens (including phenoxy) is 1. The lowest BCUT2D eigenvalue weighted by Crippen LogP contribution is -2.33. The Morgan fingerprint density at radius 2 is 2.12 bits per heavy atom. The summed E-state index contributed by atoms with van der Waals surface area (Å²) in [6.07, 6.45) is 2.14. The Hall–Kier alpha value is -2.44. The number of esters is 1. The molecule has 0 unspecified atom stereocenters. The van der Waals surface area contributed by atoms with E-state index in [4.69, 9.17) is 4.74 Å². The number of carbonyl (C=O) groups excluding carboxylic acids is 2. The van der Waals surface area contributed by atoms with Crippen LogP contribution in [0.5, 0.6) is 0 Å². The van der Waals surface area contributed by atoms with Gasteiger partial charge in [-0.3, -0.25) is 4.79 Å². The third-order valence-electron chi connectivity index (χ3n) is 4.04. The van der Waals surface area contributed by atoms with E-state index in [0.717, 1.165) is 18.5 Å². The minimum Gasteiger partial charge on any atom is -0.465 e. The summed E-state index contributed by atoms with van der Waals surface area (Å²) in [6.45, 7) is 5.70. The van der Waals surface area contributed by atoms with Crippen molar-refractivity contribution in [1.82, 2.24) is 20.1 Å². The number of pyridine rings is 1. The molecular formula is C17H22N4O3. The number of nitrogens with zero attached hydrogens (tertiary/aromatic N) is 3. The number of nitrogens with one attached hydrogen (secondary N) is 1. The van der Waals surface area contributed by atoms with E-state index in [0.29, 0.717) is 28.2 Å². The summed E-state index contributed by atoms with van der Waals surface area (Å²) >= 11 is 0. The van der Waals surface area contributed by atoms with Gasteiger partial charge in [-0.15, -0.1) is 0 Å². The molecule has 1 fully saturated rings. The number of rotatable bonds is 5. The molecule has 2 heterocycles. The Morgan fingerprint density at radius 1 is 1.42 bits per heavy atom. The molecule has 0 aliphatic heterocycles. The van der Waals surface area contributed by atoms with Gasteiger partial charge in [0.05, 0.1) is 23.8 Å². The molecule has 0 bridgehead atoms. The van der Waals surface area contributed by atoms with Crippen molar-refractivity contribution >= 4 is 22.9 Å². The summed E-state index contributed by atoms with van der Waals surface area (Å²) in [5.41, 5.74) is 2.57. The molecule has 1 amide bonds. The van der Waals surface area contributed by atoms with Gasteiger partial charge in [-0.05, 0) is 39.7 Å². The summed E-state index contributed by atoms with van der Waals surface area (Å²) in [4.78, 5) is 29.0. The van der Waals surface area contributed by atoms with E-state index < -0.39 is 5.97 Å². The Bertz CT molecular complexity index is 806. The lowest BCUT2D eigenvalue weighted by molar-refractivity contribution is -0.122. The molecule has 24 heavy (non-hydrogen) atoms. The minimum absolute atomic E-state index is 0.0565. The van der Waals surface area contributed by atoms with Gasteiger partial charge in [-0.1, -0.05) is 0 Å². The number of aromatic nitrogens is 3. The number of hydrogen-bond donors (Lipinski definition) is 1. The van der Waals surface area contributed by atoms with Crippen LogP contribution in [0.2, 0.25) is 0 Å². The molecule has 0 aromatic carbocycles. The van der Waals surface area contributed by atoms with Crippen molar-refractivity contribution in [2.24, 2.45) is 0 Å². The molecule has 1 aliphatic rings. The Balaban J connectivity index is 2.09. The van der Waals surface area contributed by atoms with Crippen molar-refractivity contribution in [2.75, 3.05) is 7.11 Å². The van der Waals surface area contributed by atoms with Crippen LogP contribution >= 0.6 is 0 Å². The fourth-order valence-electron chi connectivity index (χ4n) is 2.85. The predicted molar refractivity (Wildman–Crippen MR) is 88.9 cm³/mol. The summed E-state index contributed by atoms with van der Waals surface area (Å²) in [6, 6.07) is 1.86. The summed E-state index contributed by atoms with van der Waals surface area (Å²) in [5.74, 6) is -0.155. The Kier molecular flexibility index (Phi) is 4.26. The molecule has 0 spiro atoms. The van der Waals surface area contributed by atoms with Crippen LogP contribution < -0.4 is 5.32 Å². The van der Waals surface area contributed by atoms with E-state index in [1.807, 2.05) is 20.8 Å². The standard InChI is InChI=1S/C17H22N4O3/c1-9(2)18-14(22)8-21-16-15(10(3)20-21)12(17(23)24-4)7-13(19-16)11-5-6-11/h7,9,11H,5-6,8H2,1-4H3,(H,18,22). The van der Waals surface area contributed by atoms with Crippen molar-refractivity contribution in [3.05, 3.63) is 23.0 Å². The molecular weight excluding hydrogens is 308 g/mol. The van der Waals surface area contributed by atoms with Crippen molar-refractivity contribution in [2.45, 2.75) is 52.1 Å². The summed E-state index contributed by atoms with van der Waals surface area (Å²) < 4.78 is 6.48. The highest BCUT2D eigenvalue weighted by molar-refractivity contribution is 6.04. The third-order valence-corrected chi connectivity index (χ3v) is 4.04. The van der Waals surface area contributed by atoms with Gasteiger partial charge < -0.3 is 10.1 Å². The van der Waals surface area contributed by atoms with Gasteiger partial charge in [-0.2, -0.15) is 5.10 Å². The van der Waals surface area contributed by atoms with E-state index in [-0.39, 0.29) is 18.5 Å². The molecule has 1 N–H and O–H groups in total. The van der Waals surface area contributed by atoms with Gasteiger partial charge in [0.1, 0.15) is 6.54 Å². The summed E-state index contributed by atoms with van der Waals surface area (Å²) in [7, 11) is 1.36. The second-order valence-corrected chi connectivity index (χ2v) is 6.52. The van der Waals surface area contributed by atoms with E-state index >= 15 is 0 Å². The number of aryl methyl sites for hydroxylation is 1. The molecule has 1 saturated carbocycles. The topological polar surface area (TPSA) is 86.1 Å². The molecule has 7 nitrogen and oxygen atoms in total. The highest BCUT2D eigenvalue weighted by atomic mass is 16.5. The van der Waals surface area contributed by atoms with Gasteiger partial charge in [0.2, 0.25) is 5.91 Å². The first-order valence-corrected chi connectivity index (χ1v) is 8.16. The highest BCUT2D eigenvalue weighted by Crippen LogP contribution is 2.40. The molecule has 1 aliphatic carbocycles. The smallest absolute Gasteiger partial charge is 0.338 e. The largest absolute Gasteiger partial charge is 0.465 e. The fraction of sp³-hybridized carbons (Fsp3) is 0.529. The zero-order chi connectivity index (χ0) is 17.4. The predicted octanol–water partition coefficient (Wildman–Crippen LogP) is 1.93.